The average molecular weight is 1660 g/mol. The highest BCUT2D eigenvalue weighted by Gasteiger charge is 2.45. The van der Waals surface area contributed by atoms with Gasteiger partial charge in [-0.15, -0.1) is 0 Å². The Labute approximate surface area is 679 Å². The van der Waals surface area contributed by atoms with E-state index in [1.807, 2.05) is 69.6 Å². The van der Waals surface area contributed by atoms with Crippen molar-refractivity contribution in [2.75, 3.05) is 82.3 Å². The van der Waals surface area contributed by atoms with Gasteiger partial charge in [-0.2, -0.15) is 4.57 Å². The summed E-state index contributed by atoms with van der Waals surface area (Å²) in [6.07, 6.45) is 8.42. The fourth-order valence-electron chi connectivity index (χ4n) is 14.3. The van der Waals surface area contributed by atoms with Crippen molar-refractivity contribution in [1.82, 2.24) is 50.9 Å². The second kappa shape index (κ2) is 39.8. The number of halogens is 2. The molecular formula is C82H101F2N14O17S2+. The van der Waals surface area contributed by atoms with Crippen LogP contribution in [0.15, 0.2) is 108 Å². The highest BCUT2D eigenvalue weighted by molar-refractivity contribution is 7.89. The van der Waals surface area contributed by atoms with Gasteiger partial charge in [0.2, 0.25) is 35.0 Å². The lowest BCUT2D eigenvalue weighted by Crippen LogP contribution is -2.54. The lowest BCUT2D eigenvalue weighted by atomic mass is 9.77. The number of nitrogens with one attached hydrogen (secondary N) is 7. The number of nitrogens with two attached hydrogens (primary N) is 1. The maximum atomic E-state index is 15.6. The van der Waals surface area contributed by atoms with E-state index in [-0.39, 0.29) is 168 Å². The Bertz CT molecular complexity index is 5050. The Hall–Kier alpha value is -11.0. The number of aromatic nitrogens is 4. The Morgan fingerprint density at radius 1 is 0.829 bits per heavy atom. The summed E-state index contributed by atoms with van der Waals surface area (Å²) < 4.78 is 76.0. The smallest absolute Gasteiger partial charge is 0.312 e. The maximum absolute atomic E-state index is 15.6. The number of carbonyl (C=O) groups excluding carboxylic acids is 10. The van der Waals surface area contributed by atoms with Crippen molar-refractivity contribution >= 4 is 108 Å². The SMILES string of the molecule is Cc1c(-c2ccc(CNC(=O)[C@@H]3C[C@@H](O)CN3C(=O)[C@@H](CC(=O)COCCOCCOCCNC(=O)c3cc4c(cc3CS(C)(=O)=O)-c3cn(C)c(=O)c5[nH]cc(c35)CN4c3ncc(F)cc3F)C(C)(C)C)cc2)sc[n+]1Cc1ccc(NC(=O)[C@H](CCCNC(N)=O)NC(=O)[C@@H](NC(=O)CCCCCN2C(=O)C=CC2=O)C(C)C)cc1. The van der Waals surface area contributed by atoms with Gasteiger partial charge < -0.3 is 76.3 Å². The maximum Gasteiger partial charge on any atom is 0.312 e. The number of ether oxygens (including phenoxy) is 3. The molecule has 1 fully saturated rings. The molecule has 117 heavy (non-hydrogen) atoms. The molecule has 3 aliphatic heterocycles. The third-order valence-electron chi connectivity index (χ3n) is 20.5. The molecule has 35 heteroatoms. The van der Waals surface area contributed by atoms with Crippen LogP contribution in [-0.2, 0) is 94.8 Å². The molecular weight excluding hydrogens is 1560 g/mol. The first-order valence-electron chi connectivity index (χ1n) is 38.7. The number of hydrogen-bond donors (Lipinski definition) is 9. The molecule has 0 spiro atoms. The quantitative estimate of drug-likeness (QED) is 0.0122. The van der Waals surface area contributed by atoms with Gasteiger partial charge in [0.25, 0.3) is 23.3 Å². The van der Waals surface area contributed by atoms with Crippen molar-refractivity contribution in [3.63, 3.8) is 0 Å². The summed E-state index contributed by atoms with van der Waals surface area (Å²) in [6.45, 7) is 11.9. The monoisotopic (exact) mass is 1660 g/mol. The number of aliphatic hydroxyl groups excluding tert-OH is 1. The third-order valence-corrected chi connectivity index (χ3v) is 22.4. The second-order valence-corrected chi connectivity index (χ2v) is 33.9. The molecule has 0 radical (unpaired) electrons. The minimum Gasteiger partial charge on any atom is -0.391 e. The average Bonchev–Trinajstić information content (AvgIpc) is 1.59. The van der Waals surface area contributed by atoms with Crippen LogP contribution in [0.2, 0.25) is 0 Å². The molecule has 10 amide bonds. The first-order valence-corrected chi connectivity index (χ1v) is 41.6. The van der Waals surface area contributed by atoms with Crippen LogP contribution in [-0.4, -0.2) is 193 Å². The van der Waals surface area contributed by atoms with Crippen LogP contribution >= 0.6 is 11.3 Å². The predicted molar refractivity (Wildman–Crippen MR) is 432 cm³/mol. The molecule has 5 atom stereocenters. The standard InChI is InChI=1S/C82H100F2N14O17S2/c1-48(2)71(93-67(101)14-10-9-11-27-96-68(102)23-24-69(96)103)78(107)92-64(13-12-25-87-81(85)110)76(105)91-56-21-17-51(18-22-56)41-95-47-116-73(49(95)3)52-19-15-50(16-20-52)38-90-77(106)66-36-57(99)43-98(66)79(108)62(82(4,5)6)35-58(100)45-115-32-31-114-30-29-113-28-26-86-75(104)59-37-65-60(33-53(59)46-117(8,111)112)61-44-94(7)80(109)72-70(61)54(39-88-72)42-97(65)74-63(84)34-55(83)40-89-74/h15-24,33-34,37,39-40,44,47-48,57,62,64,66,71,99H,9-14,25-32,35-36,38,41-43,45-46H2,1-8H3,(H8-,85,86,87,88,90,91,92,93,101,104,105,106,107,109,110)/p+1/t57-,62-,64+,66+,71+/m1/s1. The van der Waals surface area contributed by atoms with E-state index in [1.54, 1.807) is 56.8 Å². The molecule has 0 saturated carbocycles. The van der Waals surface area contributed by atoms with Crippen molar-refractivity contribution in [2.24, 2.45) is 30.0 Å². The van der Waals surface area contributed by atoms with Crippen LogP contribution < -0.4 is 52.7 Å². The predicted octanol–water partition coefficient (Wildman–Crippen LogP) is 5.95. The number of likely N-dealkylation sites (tertiary alicyclic amines) is 1. The number of sulfone groups is 1. The van der Waals surface area contributed by atoms with Crippen LogP contribution in [0.5, 0.6) is 0 Å². The van der Waals surface area contributed by atoms with Gasteiger partial charge in [0.1, 0.15) is 40.9 Å². The summed E-state index contributed by atoms with van der Waals surface area (Å²) in [4.78, 5) is 157. The van der Waals surface area contributed by atoms with Gasteiger partial charge in [0.15, 0.2) is 39.5 Å². The number of ketones is 1. The van der Waals surface area contributed by atoms with E-state index < -0.39 is 98.4 Å². The lowest BCUT2D eigenvalue weighted by Gasteiger charge is -2.34. The molecule has 0 aliphatic carbocycles. The zero-order valence-electron chi connectivity index (χ0n) is 66.6. The summed E-state index contributed by atoms with van der Waals surface area (Å²) in [5.74, 6) is -8.03. The number of hydrogen-bond acceptors (Lipinski definition) is 20. The number of carbonyl (C=O) groups is 10. The van der Waals surface area contributed by atoms with Crippen LogP contribution in [0.4, 0.5) is 30.8 Å². The number of H-pyrrole nitrogens is 1. The largest absolute Gasteiger partial charge is 0.391 e. The van der Waals surface area contributed by atoms with Crippen molar-refractivity contribution < 1.29 is 89.0 Å². The molecule has 0 bridgehead atoms. The number of amides is 10. The first kappa shape index (κ1) is 88.4. The molecule has 1 saturated heterocycles. The number of benzene rings is 3. The molecule has 0 unspecified atom stereocenters. The topological polar surface area (TPSA) is 415 Å². The van der Waals surface area contributed by atoms with Gasteiger partial charge in [0, 0.05) is 142 Å². The summed E-state index contributed by atoms with van der Waals surface area (Å²) >= 11 is 1.55. The molecule has 626 valence electrons. The zero-order valence-corrected chi connectivity index (χ0v) is 68.3. The fraction of sp³-hybridized carbons (Fsp3) is 0.451. The summed E-state index contributed by atoms with van der Waals surface area (Å²) in [7, 11) is -2.20. The van der Waals surface area contributed by atoms with Crippen LogP contribution in [0.3, 0.4) is 0 Å². The molecule has 10 N–H and O–H groups in total. The Morgan fingerprint density at radius 3 is 2.20 bits per heavy atom. The highest BCUT2D eigenvalue weighted by atomic mass is 32.2. The fourth-order valence-corrected chi connectivity index (χ4v) is 16.1. The van der Waals surface area contributed by atoms with Crippen LogP contribution in [0.1, 0.15) is 124 Å². The Kier molecular flexibility index (Phi) is 30.0. The second-order valence-electron chi connectivity index (χ2n) is 30.9. The van der Waals surface area contributed by atoms with Gasteiger partial charge in [-0.25, -0.2) is 27.0 Å². The molecule has 3 aliphatic rings. The van der Waals surface area contributed by atoms with Crippen molar-refractivity contribution in [1.29, 1.82) is 0 Å². The number of imide groups is 1. The van der Waals surface area contributed by atoms with Gasteiger partial charge >= 0.3 is 6.03 Å². The number of thiazole rings is 1. The molecule has 3 aromatic carbocycles. The van der Waals surface area contributed by atoms with Crippen molar-refractivity contribution in [3.05, 3.63) is 158 Å². The molecule has 31 nitrogen and oxygen atoms in total. The summed E-state index contributed by atoms with van der Waals surface area (Å²) in [6, 6.07) is 14.9. The summed E-state index contributed by atoms with van der Waals surface area (Å²) in [5.41, 5.74) is 12.3. The minimum atomic E-state index is -3.75. The van der Waals surface area contributed by atoms with Crippen LogP contribution in [0.25, 0.3) is 32.5 Å². The number of aliphatic hydroxyl groups is 1. The number of aromatic amines is 1. The summed E-state index contributed by atoms with van der Waals surface area (Å²) in [5, 5.41) is 28.0. The number of anilines is 3. The number of fused-ring (bicyclic) bond motifs is 2. The van der Waals surface area contributed by atoms with E-state index >= 15 is 4.39 Å². The lowest BCUT2D eigenvalue weighted by molar-refractivity contribution is -0.689. The van der Waals surface area contributed by atoms with Gasteiger partial charge in [-0.1, -0.05) is 88.8 Å². The van der Waals surface area contributed by atoms with E-state index in [1.165, 1.54) is 38.7 Å². The van der Waals surface area contributed by atoms with Crippen molar-refractivity contribution in [2.45, 2.75) is 143 Å². The normalized spacial score (nSPS) is 15.4. The number of urea groups is 1. The number of β-amino-alcohol motifs (C(OH)–C–C–N with tert-alkyl or cyclic N) is 1. The Balaban J connectivity index is 0.642. The molecule has 10 rings (SSSR count). The number of nitrogens with zero attached hydrogens (tertiary/aromatic N) is 6. The Morgan fingerprint density at radius 2 is 1.52 bits per heavy atom. The van der Waals surface area contributed by atoms with E-state index in [4.69, 9.17) is 19.9 Å². The van der Waals surface area contributed by atoms with E-state index in [2.05, 4.69) is 46.4 Å². The zero-order chi connectivity index (χ0) is 84.6. The highest BCUT2D eigenvalue weighted by Crippen LogP contribution is 2.45. The molecule has 4 aromatic heterocycles. The van der Waals surface area contributed by atoms with E-state index in [0.29, 0.717) is 66.1 Å². The number of pyridine rings is 2. The number of Topliss-reactive ketones (excluding diaryl/α,β-unsaturated/α-hetero) is 1. The number of aryl methyl sites for hydroxylation is 1. The molecule has 7 heterocycles. The molecule has 7 aromatic rings. The first-order chi connectivity index (χ1) is 55.6. The number of rotatable bonds is 40. The van der Waals surface area contributed by atoms with E-state index in [9.17, 15) is 70.7 Å². The third kappa shape index (κ3) is 23.4. The van der Waals surface area contributed by atoms with Gasteiger partial charge in [-0.3, -0.25) is 52.8 Å². The number of primary amides is 1. The van der Waals surface area contributed by atoms with Crippen molar-refractivity contribution in [3.8, 4) is 21.6 Å². The number of unbranched alkanes of at least 4 members (excludes halogenated alkanes) is 2. The van der Waals surface area contributed by atoms with Gasteiger partial charge in [-0.05, 0) is 83.5 Å². The van der Waals surface area contributed by atoms with Gasteiger partial charge in [0.05, 0.1) is 63.3 Å². The minimum absolute atomic E-state index is 0.00740. The van der Waals surface area contributed by atoms with E-state index in [0.717, 1.165) is 44.6 Å². The van der Waals surface area contributed by atoms with Crippen LogP contribution in [0, 0.1) is 35.8 Å².